The first kappa shape index (κ1) is 13.2. The predicted molar refractivity (Wildman–Crippen MR) is 65.9 cm³/mol. The number of hydrogen-bond donors (Lipinski definition) is 0. The van der Waals surface area contributed by atoms with Crippen molar-refractivity contribution in [3.8, 4) is 0 Å². The zero-order valence-corrected chi connectivity index (χ0v) is 10.7. The molecule has 0 heterocycles. The normalized spacial score (nSPS) is 12.5. The molecule has 0 unspecified atom stereocenters. The van der Waals surface area contributed by atoms with E-state index in [4.69, 9.17) is 0 Å². The minimum Gasteiger partial charge on any atom is -0.0811 e. The van der Waals surface area contributed by atoms with Crippen LogP contribution in [-0.2, 0) is 0 Å². The van der Waals surface area contributed by atoms with Crippen LogP contribution in [0.3, 0.4) is 0 Å². The summed E-state index contributed by atoms with van der Waals surface area (Å²) in [5.74, 6) is 0. The van der Waals surface area contributed by atoms with Gasteiger partial charge >= 0.3 is 0 Å². The molecule has 0 nitrogen and oxygen atoms in total. The molecule has 0 fully saturated rings. The van der Waals surface area contributed by atoms with Crippen LogP contribution in [0, 0.1) is 0 Å². The van der Waals surface area contributed by atoms with Gasteiger partial charge in [0.1, 0.15) is 0 Å². The van der Waals surface area contributed by atoms with Crippen LogP contribution in [0.5, 0.6) is 0 Å². The van der Waals surface area contributed by atoms with Crippen LogP contribution in [0.15, 0.2) is 11.4 Å². The third-order valence-electron chi connectivity index (χ3n) is 2.20. The highest BCUT2D eigenvalue weighted by Crippen LogP contribution is 2.47. The van der Waals surface area contributed by atoms with Crippen LogP contribution in [0.4, 0.5) is 0 Å². The molecule has 0 aliphatic carbocycles. The highest BCUT2D eigenvalue weighted by molar-refractivity contribution is 7.62. The van der Waals surface area contributed by atoms with Gasteiger partial charge in [-0.3, -0.25) is 0 Å². The molecule has 0 rings (SSSR count). The van der Waals surface area contributed by atoms with Crippen LogP contribution in [0.25, 0.3) is 0 Å². The number of rotatable bonds is 7. The van der Waals surface area contributed by atoms with E-state index in [0.717, 1.165) is 0 Å². The molecule has 0 saturated heterocycles. The molecule has 0 aromatic heterocycles. The summed E-state index contributed by atoms with van der Waals surface area (Å²) in [4.78, 5) is 0. The van der Waals surface area contributed by atoms with Gasteiger partial charge in [0.25, 0.3) is 0 Å². The molecule has 0 aliphatic rings. The average Bonchev–Trinajstić information content (AvgIpc) is 2.14. The number of hydrogen-bond acceptors (Lipinski definition) is 0. The van der Waals surface area contributed by atoms with Gasteiger partial charge in [0.2, 0.25) is 0 Å². The summed E-state index contributed by atoms with van der Waals surface area (Å²) in [6.45, 7) is 9.18. The Hall–Kier alpha value is 0.170. The van der Waals surface area contributed by atoms with Gasteiger partial charge in [0, 0.05) is 0 Å². The standard InChI is InChI=1S/C12H25P/c1-5-9-12(8-4)13(10-6-2)11-7-3/h9H,5-8,10-11H2,1-4H3/b12-9+. The van der Waals surface area contributed by atoms with E-state index >= 15 is 0 Å². The molecule has 0 radical (unpaired) electrons. The maximum absolute atomic E-state index is 2.47. The lowest BCUT2D eigenvalue weighted by atomic mass is 10.3. The van der Waals surface area contributed by atoms with Crippen molar-refractivity contribution in [2.24, 2.45) is 0 Å². The molecule has 0 N–H and O–H groups in total. The first-order chi connectivity index (χ1) is 6.29. The van der Waals surface area contributed by atoms with Crippen molar-refractivity contribution in [1.82, 2.24) is 0 Å². The third kappa shape index (κ3) is 5.47. The lowest BCUT2D eigenvalue weighted by Crippen LogP contribution is -1.91. The van der Waals surface area contributed by atoms with Gasteiger partial charge < -0.3 is 0 Å². The summed E-state index contributed by atoms with van der Waals surface area (Å²) in [7, 11) is 0.231. The van der Waals surface area contributed by atoms with E-state index in [1.807, 2.05) is 0 Å². The molecule has 0 saturated carbocycles. The predicted octanol–water partition coefficient (Wildman–Crippen LogP) is 4.99. The molecule has 0 spiro atoms. The van der Waals surface area contributed by atoms with E-state index < -0.39 is 0 Å². The molecule has 0 aliphatic heterocycles. The molecule has 1 heteroatoms. The minimum atomic E-state index is 0.231. The highest BCUT2D eigenvalue weighted by Gasteiger charge is 2.09. The largest absolute Gasteiger partial charge is 0.0811 e. The van der Waals surface area contributed by atoms with Crippen molar-refractivity contribution < 1.29 is 0 Å². The smallest absolute Gasteiger partial charge is 0.0291 e. The second kappa shape index (κ2) is 8.75. The van der Waals surface area contributed by atoms with Gasteiger partial charge in [-0.15, -0.1) is 0 Å². The van der Waals surface area contributed by atoms with E-state index in [2.05, 4.69) is 33.8 Å². The first-order valence-electron chi connectivity index (χ1n) is 5.73. The van der Waals surface area contributed by atoms with Gasteiger partial charge in [-0.25, -0.2) is 0 Å². The van der Waals surface area contributed by atoms with Crippen molar-refractivity contribution in [2.75, 3.05) is 12.3 Å². The van der Waals surface area contributed by atoms with E-state index in [9.17, 15) is 0 Å². The van der Waals surface area contributed by atoms with Crippen molar-refractivity contribution in [3.05, 3.63) is 11.4 Å². The zero-order valence-electron chi connectivity index (χ0n) is 9.77. The van der Waals surface area contributed by atoms with E-state index in [0.29, 0.717) is 0 Å². The topological polar surface area (TPSA) is 0 Å². The fraction of sp³-hybridized carbons (Fsp3) is 0.833. The van der Waals surface area contributed by atoms with Crippen LogP contribution < -0.4 is 0 Å². The molecule has 0 aromatic carbocycles. The van der Waals surface area contributed by atoms with Gasteiger partial charge in [-0.1, -0.05) is 59.8 Å². The summed E-state index contributed by atoms with van der Waals surface area (Å²) < 4.78 is 0. The van der Waals surface area contributed by atoms with Gasteiger partial charge in [-0.2, -0.15) is 0 Å². The molecular formula is C12H25P. The fourth-order valence-electron chi connectivity index (χ4n) is 1.67. The highest BCUT2D eigenvalue weighted by atomic mass is 31.1. The summed E-state index contributed by atoms with van der Waals surface area (Å²) in [5.41, 5.74) is 0. The quantitative estimate of drug-likeness (QED) is 0.508. The van der Waals surface area contributed by atoms with Crippen molar-refractivity contribution in [3.63, 3.8) is 0 Å². The van der Waals surface area contributed by atoms with Gasteiger partial charge in [0.15, 0.2) is 0 Å². The molecule has 78 valence electrons. The lowest BCUT2D eigenvalue weighted by molar-refractivity contribution is 1.04. The Balaban J connectivity index is 4.20. The van der Waals surface area contributed by atoms with Crippen molar-refractivity contribution in [2.45, 2.75) is 53.4 Å². The SMILES string of the molecule is CC/C=C(\CC)P(CCC)CCC. The summed E-state index contributed by atoms with van der Waals surface area (Å²) >= 11 is 0. The average molecular weight is 200 g/mol. The Kier molecular flexibility index (Phi) is 8.87. The Morgan fingerprint density at radius 1 is 1.00 bits per heavy atom. The molecule has 0 aromatic rings. The Labute approximate surface area is 85.6 Å². The summed E-state index contributed by atoms with van der Waals surface area (Å²) in [6.07, 6.45) is 10.6. The van der Waals surface area contributed by atoms with Crippen LogP contribution in [0.2, 0.25) is 0 Å². The van der Waals surface area contributed by atoms with Gasteiger partial charge in [-0.05, 0) is 25.2 Å². The summed E-state index contributed by atoms with van der Waals surface area (Å²) in [5, 5.41) is 1.76. The first-order valence-corrected chi connectivity index (χ1v) is 7.45. The maximum atomic E-state index is 2.47. The molecule has 0 amide bonds. The van der Waals surface area contributed by atoms with Crippen LogP contribution >= 0.6 is 7.92 Å². The monoisotopic (exact) mass is 200 g/mol. The summed E-state index contributed by atoms with van der Waals surface area (Å²) in [6, 6.07) is 0. The van der Waals surface area contributed by atoms with E-state index in [1.54, 1.807) is 5.31 Å². The maximum Gasteiger partial charge on any atom is -0.0291 e. The Bertz CT molecular complexity index is 132. The van der Waals surface area contributed by atoms with Gasteiger partial charge in [0.05, 0.1) is 0 Å². The lowest BCUT2D eigenvalue weighted by Gasteiger charge is -2.19. The minimum absolute atomic E-state index is 0.231. The Morgan fingerprint density at radius 3 is 1.85 bits per heavy atom. The van der Waals surface area contributed by atoms with Crippen LogP contribution in [-0.4, -0.2) is 12.3 Å². The second-order valence-corrected chi connectivity index (χ2v) is 5.99. The molecule has 13 heavy (non-hydrogen) atoms. The van der Waals surface area contributed by atoms with Crippen molar-refractivity contribution >= 4 is 7.92 Å². The van der Waals surface area contributed by atoms with Crippen LogP contribution in [0.1, 0.15) is 53.4 Å². The third-order valence-corrected chi connectivity index (χ3v) is 5.48. The molecule has 0 bridgehead atoms. The number of allylic oxidation sites excluding steroid dienone is 2. The zero-order chi connectivity index (χ0) is 10.1. The molecular weight excluding hydrogens is 175 g/mol. The van der Waals surface area contributed by atoms with E-state index in [-0.39, 0.29) is 7.92 Å². The van der Waals surface area contributed by atoms with Crippen molar-refractivity contribution in [1.29, 1.82) is 0 Å². The van der Waals surface area contributed by atoms with E-state index in [1.165, 1.54) is 38.0 Å². The Morgan fingerprint density at radius 2 is 1.54 bits per heavy atom. The fourth-order valence-corrected chi connectivity index (χ4v) is 4.44. The molecule has 0 atom stereocenters. The second-order valence-electron chi connectivity index (χ2n) is 3.44.